The highest BCUT2D eigenvalue weighted by Gasteiger charge is 2.22. The summed E-state index contributed by atoms with van der Waals surface area (Å²) in [5, 5.41) is 0. The normalized spacial score (nSPS) is 23.2. The molecular formula is C10H16ClN3O. The second kappa shape index (κ2) is 4.96. The molecule has 1 saturated heterocycles. The maximum Gasteiger partial charge on any atom is 0.136 e. The Balaban J connectivity index is 2.03. The van der Waals surface area contributed by atoms with Gasteiger partial charge in [-0.15, -0.1) is 11.6 Å². The van der Waals surface area contributed by atoms with Crippen molar-refractivity contribution >= 4 is 11.6 Å². The van der Waals surface area contributed by atoms with E-state index >= 15 is 0 Å². The van der Waals surface area contributed by atoms with Crippen LogP contribution in [0.3, 0.4) is 0 Å². The largest absolute Gasteiger partial charge is 0.368 e. The van der Waals surface area contributed by atoms with Crippen LogP contribution in [0.1, 0.15) is 24.5 Å². The molecule has 0 aromatic carbocycles. The highest BCUT2D eigenvalue weighted by molar-refractivity contribution is 6.16. The second-order valence-electron chi connectivity index (χ2n) is 3.68. The number of nitrogens with one attached hydrogen (secondary N) is 1. The van der Waals surface area contributed by atoms with Crippen molar-refractivity contribution in [1.82, 2.24) is 14.9 Å². The van der Waals surface area contributed by atoms with Crippen molar-refractivity contribution in [3.05, 3.63) is 17.7 Å². The summed E-state index contributed by atoms with van der Waals surface area (Å²) in [6.45, 7) is 5.91. The van der Waals surface area contributed by atoms with E-state index in [2.05, 4.69) is 21.8 Å². The highest BCUT2D eigenvalue weighted by atomic mass is 35.5. The van der Waals surface area contributed by atoms with Crippen molar-refractivity contribution < 1.29 is 4.74 Å². The first-order valence-electron chi connectivity index (χ1n) is 5.27. The molecule has 0 amide bonds. The number of nitrogens with zero attached hydrogens (tertiary/aromatic N) is 2. The Labute approximate surface area is 94.6 Å². The predicted molar refractivity (Wildman–Crippen MR) is 59.0 cm³/mol. The molecule has 15 heavy (non-hydrogen) atoms. The van der Waals surface area contributed by atoms with Crippen molar-refractivity contribution in [2.45, 2.75) is 18.9 Å². The van der Waals surface area contributed by atoms with Crippen molar-refractivity contribution in [2.24, 2.45) is 0 Å². The first-order chi connectivity index (χ1) is 7.33. The van der Waals surface area contributed by atoms with E-state index in [9.17, 15) is 0 Å². The van der Waals surface area contributed by atoms with E-state index < -0.39 is 0 Å². The number of halogens is 1. The Morgan fingerprint density at radius 2 is 2.60 bits per heavy atom. The molecule has 1 fully saturated rings. The standard InChI is InChI=1S/C10H16ClN3O/c1-2-14-3-4-15-9(7-14)10-12-6-8(5-11)13-10/h6,9H,2-5,7H2,1H3,(H,12,13). The number of alkyl halides is 1. The summed E-state index contributed by atoms with van der Waals surface area (Å²) < 4.78 is 5.68. The zero-order valence-electron chi connectivity index (χ0n) is 8.87. The third-order valence-electron chi connectivity index (χ3n) is 2.69. The van der Waals surface area contributed by atoms with E-state index in [0.717, 1.165) is 37.8 Å². The van der Waals surface area contributed by atoms with Crippen LogP contribution in [0.4, 0.5) is 0 Å². The fraction of sp³-hybridized carbons (Fsp3) is 0.700. The molecule has 1 N–H and O–H groups in total. The Hall–Kier alpha value is -0.580. The van der Waals surface area contributed by atoms with Gasteiger partial charge >= 0.3 is 0 Å². The highest BCUT2D eigenvalue weighted by Crippen LogP contribution is 2.19. The zero-order valence-corrected chi connectivity index (χ0v) is 9.63. The molecule has 0 saturated carbocycles. The van der Waals surface area contributed by atoms with Gasteiger partial charge in [0.25, 0.3) is 0 Å². The summed E-state index contributed by atoms with van der Waals surface area (Å²) in [6.07, 6.45) is 1.84. The van der Waals surface area contributed by atoms with Crippen LogP contribution in [-0.2, 0) is 10.6 Å². The maximum atomic E-state index is 5.71. The van der Waals surface area contributed by atoms with Gasteiger partial charge in [0.05, 0.1) is 12.5 Å². The molecule has 0 spiro atoms. The van der Waals surface area contributed by atoms with Gasteiger partial charge in [0.1, 0.15) is 11.9 Å². The van der Waals surface area contributed by atoms with Crippen LogP contribution in [0.15, 0.2) is 6.20 Å². The zero-order chi connectivity index (χ0) is 10.7. The lowest BCUT2D eigenvalue weighted by atomic mass is 10.2. The first kappa shape index (κ1) is 10.9. The number of morpholine rings is 1. The number of ether oxygens (including phenoxy) is 1. The maximum absolute atomic E-state index is 5.71. The second-order valence-corrected chi connectivity index (χ2v) is 3.95. The third-order valence-corrected chi connectivity index (χ3v) is 2.98. The number of imidazole rings is 1. The molecule has 1 aliphatic rings. The Morgan fingerprint density at radius 1 is 1.73 bits per heavy atom. The summed E-state index contributed by atoms with van der Waals surface area (Å²) in [6, 6.07) is 0. The fourth-order valence-corrected chi connectivity index (χ4v) is 1.90. The molecule has 1 aromatic heterocycles. The van der Waals surface area contributed by atoms with Crippen LogP contribution in [0.2, 0.25) is 0 Å². The number of rotatable bonds is 3. The Bertz CT molecular complexity index is 315. The van der Waals surface area contributed by atoms with Gasteiger partial charge < -0.3 is 9.72 Å². The smallest absolute Gasteiger partial charge is 0.136 e. The van der Waals surface area contributed by atoms with Gasteiger partial charge in [-0.1, -0.05) is 6.92 Å². The van der Waals surface area contributed by atoms with Gasteiger partial charge in [-0.05, 0) is 6.54 Å². The van der Waals surface area contributed by atoms with E-state index in [1.54, 1.807) is 6.20 Å². The SMILES string of the molecule is CCN1CCOC(c2ncc(CCl)[nH]2)C1. The van der Waals surface area contributed by atoms with E-state index in [1.807, 2.05) is 0 Å². The average Bonchev–Trinajstić information content (AvgIpc) is 2.78. The number of H-pyrrole nitrogens is 1. The fourth-order valence-electron chi connectivity index (χ4n) is 1.76. The van der Waals surface area contributed by atoms with Crippen LogP contribution in [0.25, 0.3) is 0 Å². The molecular weight excluding hydrogens is 214 g/mol. The molecule has 1 aromatic rings. The quantitative estimate of drug-likeness (QED) is 0.800. The lowest BCUT2D eigenvalue weighted by molar-refractivity contribution is -0.0322. The molecule has 2 rings (SSSR count). The number of aromatic nitrogens is 2. The first-order valence-corrected chi connectivity index (χ1v) is 5.80. The summed E-state index contributed by atoms with van der Waals surface area (Å²) in [5.74, 6) is 1.36. The van der Waals surface area contributed by atoms with Crippen LogP contribution < -0.4 is 0 Å². The number of hydrogen-bond donors (Lipinski definition) is 1. The lowest BCUT2D eigenvalue weighted by Crippen LogP contribution is -2.38. The molecule has 4 nitrogen and oxygen atoms in total. The lowest BCUT2D eigenvalue weighted by Gasteiger charge is -2.30. The van der Waals surface area contributed by atoms with Crippen molar-refractivity contribution in [2.75, 3.05) is 26.2 Å². The molecule has 1 unspecified atom stereocenters. The van der Waals surface area contributed by atoms with Crippen LogP contribution in [-0.4, -0.2) is 41.1 Å². The summed E-state index contributed by atoms with van der Waals surface area (Å²) in [7, 11) is 0. The molecule has 0 aliphatic carbocycles. The summed E-state index contributed by atoms with van der Waals surface area (Å²) >= 11 is 5.71. The minimum atomic E-state index is 0.0654. The molecule has 84 valence electrons. The molecule has 1 aliphatic heterocycles. The topological polar surface area (TPSA) is 41.1 Å². The molecule has 5 heteroatoms. The monoisotopic (exact) mass is 229 g/mol. The van der Waals surface area contributed by atoms with Crippen molar-refractivity contribution in [3.63, 3.8) is 0 Å². The Kier molecular flexibility index (Phi) is 3.61. The van der Waals surface area contributed by atoms with Gasteiger partial charge in [-0.25, -0.2) is 4.98 Å². The van der Waals surface area contributed by atoms with Gasteiger partial charge in [-0.3, -0.25) is 4.90 Å². The predicted octanol–water partition coefficient (Wildman–Crippen LogP) is 1.54. The molecule has 2 heterocycles. The van der Waals surface area contributed by atoms with Gasteiger partial charge in [-0.2, -0.15) is 0 Å². The molecule has 0 radical (unpaired) electrons. The molecule has 1 atom stereocenters. The van der Waals surface area contributed by atoms with E-state index in [-0.39, 0.29) is 6.10 Å². The minimum absolute atomic E-state index is 0.0654. The van der Waals surface area contributed by atoms with Crippen LogP contribution >= 0.6 is 11.6 Å². The van der Waals surface area contributed by atoms with E-state index in [0.29, 0.717) is 5.88 Å². The number of likely N-dealkylation sites (N-methyl/N-ethyl adjacent to an activating group) is 1. The average molecular weight is 230 g/mol. The van der Waals surface area contributed by atoms with Gasteiger partial charge in [0.15, 0.2) is 0 Å². The third kappa shape index (κ3) is 2.51. The van der Waals surface area contributed by atoms with E-state index in [4.69, 9.17) is 16.3 Å². The van der Waals surface area contributed by atoms with Crippen LogP contribution in [0, 0.1) is 0 Å². The van der Waals surface area contributed by atoms with Crippen LogP contribution in [0.5, 0.6) is 0 Å². The number of hydrogen-bond acceptors (Lipinski definition) is 3. The summed E-state index contributed by atoms with van der Waals surface area (Å²) in [5.41, 5.74) is 0.948. The van der Waals surface area contributed by atoms with Gasteiger partial charge in [0.2, 0.25) is 0 Å². The van der Waals surface area contributed by atoms with Crippen molar-refractivity contribution in [1.29, 1.82) is 0 Å². The van der Waals surface area contributed by atoms with Gasteiger partial charge in [0, 0.05) is 25.0 Å². The van der Waals surface area contributed by atoms with E-state index in [1.165, 1.54) is 0 Å². The van der Waals surface area contributed by atoms with Crippen molar-refractivity contribution in [3.8, 4) is 0 Å². The molecule has 0 bridgehead atoms. The summed E-state index contributed by atoms with van der Waals surface area (Å²) in [4.78, 5) is 9.83. The minimum Gasteiger partial charge on any atom is -0.368 e. The number of aromatic amines is 1. The Morgan fingerprint density at radius 3 is 3.27 bits per heavy atom.